The molecule has 2 fully saturated rings. The van der Waals surface area contributed by atoms with E-state index in [0.717, 1.165) is 38.5 Å². The minimum atomic E-state index is -0.876. The molecule has 5 heteroatoms. The van der Waals surface area contributed by atoms with Gasteiger partial charge in [-0.15, -0.1) is 0 Å². The molecule has 0 spiro atoms. The van der Waals surface area contributed by atoms with E-state index in [1.54, 1.807) is 4.90 Å². The number of likely N-dealkylation sites (tertiary alicyclic amines) is 1. The van der Waals surface area contributed by atoms with Gasteiger partial charge in [-0.05, 0) is 71.1 Å². The first-order valence-corrected chi connectivity index (χ1v) is 9.45. The van der Waals surface area contributed by atoms with Crippen LogP contribution in [0.2, 0.25) is 0 Å². The maximum absolute atomic E-state index is 12.4. The number of hydrogen-bond acceptors (Lipinski definition) is 4. The van der Waals surface area contributed by atoms with Crippen LogP contribution < -0.4 is 5.73 Å². The number of nitrogens with two attached hydrogens (primary N) is 1. The molecule has 1 saturated carbocycles. The van der Waals surface area contributed by atoms with Gasteiger partial charge in [0.05, 0.1) is 11.1 Å². The van der Waals surface area contributed by atoms with Crippen molar-refractivity contribution in [2.75, 3.05) is 13.1 Å². The lowest BCUT2D eigenvalue weighted by Gasteiger charge is -2.52. The Kier molecular flexibility index (Phi) is 5.55. The molecule has 3 N–H and O–H groups in total. The van der Waals surface area contributed by atoms with E-state index in [0.29, 0.717) is 24.9 Å². The van der Waals surface area contributed by atoms with Crippen LogP contribution >= 0.6 is 0 Å². The number of hydrogen-bond donors (Lipinski definition) is 2. The Bertz CT molecular complexity index is 450. The van der Waals surface area contributed by atoms with Gasteiger partial charge in [-0.25, -0.2) is 4.79 Å². The summed E-state index contributed by atoms with van der Waals surface area (Å²) in [7, 11) is 0. The van der Waals surface area contributed by atoms with Crippen LogP contribution in [0.4, 0.5) is 4.79 Å². The van der Waals surface area contributed by atoms with Crippen molar-refractivity contribution >= 4 is 6.09 Å². The minimum absolute atomic E-state index is 0.323. The van der Waals surface area contributed by atoms with E-state index in [9.17, 15) is 9.90 Å². The normalized spacial score (nSPS) is 35.2. The topological polar surface area (TPSA) is 75.8 Å². The Hall–Kier alpha value is -0.810. The number of aliphatic hydroxyl groups is 1. The van der Waals surface area contributed by atoms with E-state index in [1.165, 1.54) is 0 Å². The zero-order valence-corrected chi connectivity index (χ0v) is 16.1. The summed E-state index contributed by atoms with van der Waals surface area (Å²) in [5.74, 6) is 1.31. The summed E-state index contributed by atoms with van der Waals surface area (Å²) in [5, 5.41) is 11.3. The van der Waals surface area contributed by atoms with Crippen molar-refractivity contribution in [1.29, 1.82) is 0 Å². The van der Waals surface area contributed by atoms with Gasteiger partial charge in [0.15, 0.2) is 0 Å². The van der Waals surface area contributed by atoms with E-state index < -0.39 is 16.7 Å². The van der Waals surface area contributed by atoms with Gasteiger partial charge < -0.3 is 20.5 Å². The van der Waals surface area contributed by atoms with E-state index in [4.69, 9.17) is 10.5 Å². The summed E-state index contributed by atoms with van der Waals surface area (Å²) in [6.45, 7) is 11.1. The predicted octanol–water partition coefficient (Wildman–Crippen LogP) is 3.29. The van der Waals surface area contributed by atoms with Crippen molar-refractivity contribution in [2.45, 2.75) is 89.9 Å². The number of ether oxygens (including phenoxy) is 1. The second-order valence-electron chi connectivity index (χ2n) is 9.27. The Morgan fingerprint density at radius 1 is 1.25 bits per heavy atom. The van der Waals surface area contributed by atoms with E-state index >= 15 is 0 Å². The smallest absolute Gasteiger partial charge is 0.410 e. The fraction of sp³-hybridized carbons (Fsp3) is 0.947. The summed E-state index contributed by atoms with van der Waals surface area (Å²) in [6, 6.07) is 0. The summed E-state index contributed by atoms with van der Waals surface area (Å²) in [6.07, 6.45) is 4.74. The molecule has 24 heavy (non-hydrogen) atoms. The van der Waals surface area contributed by atoms with Gasteiger partial charge in [-0.2, -0.15) is 0 Å². The molecule has 1 aliphatic carbocycles. The highest BCUT2D eigenvalue weighted by atomic mass is 16.6. The van der Waals surface area contributed by atoms with Crippen molar-refractivity contribution in [3.05, 3.63) is 0 Å². The Morgan fingerprint density at radius 2 is 1.83 bits per heavy atom. The average molecular weight is 341 g/mol. The second kappa shape index (κ2) is 6.83. The molecular weight excluding hydrogens is 304 g/mol. The molecule has 2 aliphatic rings. The molecule has 1 aliphatic heterocycles. The lowest BCUT2D eigenvalue weighted by atomic mass is 9.64. The summed E-state index contributed by atoms with van der Waals surface area (Å²) < 4.78 is 5.49. The van der Waals surface area contributed by atoms with Gasteiger partial charge in [0.1, 0.15) is 5.60 Å². The maximum Gasteiger partial charge on any atom is 0.410 e. The fourth-order valence-corrected chi connectivity index (χ4v) is 4.23. The first kappa shape index (κ1) is 19.5. The minimum Gasteiger partial charge on any atom is -0.444 e. The van der Waals surface area contributed by atoms with Crippen molar-refractivity contribution < 1.29 is 14.6 Å². The van der Waals surface area contributed by atoms with Crippen LogP contribution in [0, 0.1) is 11.8 Å². The SMILES string of the molecule is CC(C)C1CCC(O)(C2(N)CCCN(C(=O)OC(C)(C)C)C2)CC1. The average Bonchev–Trinajstić information content (AvgIpc) is 2.46. The number of carbonyl (C=O) groups excluding carboxylic acids is 1. The molecule has 1 heterocycles. The van der Waals surface area contributed by atoms with Gasteiger partial charge in [-0.1, -0.05) is 13.8 Å². The fourth-order valence-electron chi connectivity index (χ4n) is 4.23. The highest BCUT2D eigenvalue weighted by molar-refractivity contribution is 5.68. The summed E-state index contributed by atoms with van der Waals surface area (Å²) in [4.78, 5) is 14.1. The van der Waals surface area contributed by atoms with Crippen molar-refractivity contribution in [3.8, 4) is 0 Å². The number of amides is 1. The number of nitrogens with zero attached hydrogens (tertiary/aromatic N) is 1. The molecule has 5 nitrogen and oxygen atoms in total. The molecular formula is C19H36N2O3. The number of carbonyl (C=O) groups is 1. The van der Waals surface area contributed by atoms with Crippen LogP contribution in [-0.2, 0) is 4.74 Å². The predicted molar refractivity (Wildman–Crippen MR) is 95.7 cm³/mol. The van der Waals surface area contributed by atoms with Crippen LogP contribution in [0.1, 0.15) is 73.1 Å². The third-order valence-corrected chi connectivity index (χ3v) is 5.90. The molecule has 0 aromatic heterocycles. The number of piperidine rings is 1. The van der Waals surface area contributed by atoms with Gasteiger partial charge >= 0.3 is 6.09 Å². The van der Waals surface area contributed by atoms with Crippen LogP contribution in [-0.4, -0.2) is 45.9 Å². The van der Waals surface area contributed by atoms with E-state index in [1.807, 2.05) is 20.8 Å². The first-order valence-electron chi connectivity index (χ1n) is 9.45. The molecule has 1 unspecified atom stereocenters. The highest BCUT2D eigenvalue weighted by Gasteiger charge is 2.52. The summed E-state index contributed by atoms with van der Waals surface area (Å²) in [5.41, 5.74) is 4.56. The Balaban J connectivity index is 2.05. The lowest BCUT2D eigenvalue weighted by Crippen LogP contribution is -2.69. The lowest BCUT2D eigenvalue weighted by molar-refractivity contribution is -0.0990. The van der Waals surface area contributed by atoms with Crippen molar-refractivity contribution in [3.63, 3.8) is 0 Å². The summed E-state index contributed by atoms with van der Waals surface area (Å²) >= 11 is 0. The molecule has 1 atom stereocenters. The van der Waals surface area contributed by atoms with Gasteiger partial charge in [0.25, 0.3) is 0 Å². The largest absolute Gasteiger partial charge is 0.444 e. The van der Waals surface area contributed by atoms with Crippen molar-refractivity contribution in [2.24, 2.45) is 17.6 Å². The molecule has 1 saturated heterocycles. The Morgan fingerprint density at radius 3 is 2.33 bits per heavy atom. The third kappa shape index (κ3) is 4.23. The monoisotopic (exact) mass is 340 g/mol. The van der Waals surface area contributed by atoms with Gasteiger partial charge in [0, 0.05) is 13.1 Å². The molecule has 0 bridgehead atoms. The Labute approximate surface area is 146 Å². The zero-order valence-electron chi connectivity index (χ0n) is 16.1. The molecule has 0 aromatic rings. The third-order valence-electron chi connectivity index (χ3n) is 5.90. The van der Waals surface area contributed by atoms with Crippen molar-refractivity contribution in [1.82, 2.24) is 4.90 Å². The highest BCUT2D eigenvalue weighted by Crippen LogP contribution is 2.43. The molecule has 2 rings (SSSR count). The quantitative estimate of drug-likeness (QED) is 0.809. The first-order chi connectivity index (χ1) is 11.0. The van der Waals surface area contributed by atoms with E-state index in [-0.39, 0.29) is 6.09 Å². The standard InChI is InChI=1S/C19H36N2O3/c1-14(2)15-7-10-19(23,11-8-15)18(20)9-6-12-21(13-18)16(22)24-17(3,4)5/h14-15,23H,6-13,20H2,1-5H3. The van der Waals surface area contributed by atoms with Crippen LogP contribution in [0.25, 0.3) is 0 Å². The number of rotatable bonds is 2. The van der Waals surface area contributed by atoms with Crippen LogP contribution in [0.3, 0.4) is 0 Å². The van der Waals surface area contributed by atoms with Crippen LogP contribution in [0.15, 0.2) is 0 Å². The van der Waals surface area contributed by atoms with Gasteiger partial charge in [0.2, 0.25) is 0 Å². The molecule has 0 aromatic carbocycles. The maximum atomic E-state index is 12.4. The molecule has 140 valence electrons. The van der Waals surface area contributed by atoms with Gasteiger partial charge in [-0.3, -0.25) is 0 Å². The molecule has 0 radical (unpaired) electrons. The van der Waals surface area contributed by atoms with E-state index in [2.05, 4.69) is 13.8 Å². The second-order valence-corrected chi connectivity index (χ2v) is 9.27. The zero-order chi connectivity index (χ0) is 18.2. The van der Waals surface area contributed by atoms with Crippen LogP contribution in [0.5, 0.6) is 0 Å². The molecule has 1 amide bonds.